The van der Waals surface area contributed by atoms with Gasteiger partial charge in [-0.2, -0.15) is 0 Å². The van der Waals surface area contributed by atoms with Crippen molar-refractivity contribution in [3.63, 3.8) is 0 Å². The monoisotopic (exact) mass is 497 g/mol. The Balaban J connectivity index is 1.75. The van der Waals surface area contributed by atoms with Gasteiger partial charge < -0.3 is 14.8 Å². The van der Waals surface area contributed by atoms with E-state index in [2.05, 4.69) is 21.2 Å². The van der Waals surface area contributed by atoms with E-state index < -0.39 is 0 Å². The highest BCUT2D eigenvalue weighted by molar-refractivity contribution is 9.10. The van der Waals surface area contributed by atoms with Crippen LogP contribution in [0.3, 0.4) is 0 Å². The lowest BCUT2D eigenvalue weighted by molar-refractivity contribution is 0.269. The molecular formula is C22H19BrCl2FNO2. The van der Waals surface area contributed by atoms with E-state index in [0.29, 0.717) is 40.3 Å². The third-order valence-electron chi connectivity index (χ3n) is 4.14. The fourth-order valence-electron chi connectivity index (χ4n) is 2.65. The summed E-state index contributed by atoms with van der Waals surface area (Å²) in [6, 6.07) is 15.5. The first-order chi connectivity index (χ1) is 14.0. The molecule has 7 heteroatoms. The average Bonchev–Trinajstić information content (AvgIpc) is 2.69. The van der Waals surface area contributed by atoms with E-state index in [0.717, 1.165) is 15.7 Å². The Morgan fingerprint density at radius 3 is 2.34 bits per heavy atom. The van der Waals surface area contributed by atoms with Gasteiger partial charge in [0, 0.05) is 27.3 Å². The molecule has 0 aliphatic carbocycles. The van der Waals surface area contributed by atoms with Crippen LogP contribution in [0.2, 0.25) is 10.0 Å². The van der Waals surface area contributed by atoms with Crippen molar-refractivity contribution in [1.82, 2.24) is 0 Å². The number of halogens is 4. The minimum Gasteiger partial charge on any atom is -0.490 e. The summed E-state index contributed by atoms with van der Waals surface area (Å²) in [4.78, 5) is 0. The van der Waals surface area contributed by atoms with Gasteiger partial charge in [-0.05, 0) is 61.0 Å². The minimum absolute atomic E-state index is 0.202. The molecular weight excluding hydrogens is 480 g/mol. The summed E-state index contributed by atoms with van der Waals surface area (Å²) >= 11 is 15.6. The molecule has 3 aromatic rings. The predicted octanol–water partition coefficient (Wildman–Crippen LogP) is 7.48. The van der Waals surface area contributed by atoms with Gasteiger partial charge >= 0.3 is 0 Å². The van der Waals surface area contributed by atoms with Crippen LogP contribution in [-0.2, 0) is 13.2 Å². The number of benzene rings is 3. The van der Waals surface area contributed by atoms with E-state index in [1.165, 1.54) is 12.1 Å². The number of hydrogen-bond donors (Lipinski definition) is 1. The van der Waals surface area contributed by atoms with Gasteiger partial charge in [-0.1, -0.05) is 45.2 Å². The second-order valence-electron chi connectivity index (χ2n) is 6.21. The molecule has 1 N–H and O–H groups in total. The molecule has 0 amide bonds. The van der Waals surface area contributed by atoms with E-state index in [4.69, 9.17) is 32.7 Å². The lowest BCUT2D eigenvalue weighted by Gasteiger charge is -2.16. The molecule has 3 rings (SSSR count). The van der Waals surface area contributed by atoms with Crippen LogP contribution in [0.1, 0.15) is 18.1 Å². The normalized spacial score (nSPS) is 10.7. The molecule has 0 atom stereocenters. The van der Waals surface area contributed by atoms with Crippen molar-refractivity contribution in [2.75, 3.05) is 11.9 Å². The fraction of sp³-hybridized carbons (Fsp3) is 0.182. The standard InChI is InChI=1S/C22H19BrCl2FNO2/c1-2-28-21-9-15(12-27-18-7-4-16(24)5-8-18)19(23)11-22(21)29-13-14-3-6-17(26)10-20(14)25/h3-11,27H,2,12-13H2,1H3. The van der Waals surface area contributed by atoms with Crippen molar-refractivity contribution in [2.24, 2.45) is 0 Å². The Morgan fingerprint density at radius 1 is 0.931 bits per heavy atom. The average molecular weight is 499 g/mol. The zero-order valence-electron chi connectivity index (χ0n) is 15.6. The van der Waals surface area contributed by atoms with Gasteiger partial charge in [-0.25, -0.2) is 4.39 Å². The first-order valence-electron chi connectivity index (χ1n) is 8.97. The molecule has 3 nitrogen and oxygen atoms in total. The van der Waals surface area contributed by atoms with Crippen LogP contribution in [0, 0.1) is 5.82 Å². The SMILES string of the molecule is CCOc1cc(CNc2ccc(Cl)cc2)c(Br)cc1OCc1ccc(F)cc1Cl. The van der Waals surface area contributed by atoms with Crippen LogP contribution in [0.15, 0.2) is 59.1 Å². The number of ether oxygens (including phenoxy) is 2. The second kappa shape index (κ2) is 10.2. The topological polar surface area (TPSA) is 30.5 Å². The Hall–Kier alpha value is -1.95. The van der Waals surface area contributed by atoms with E-state index in [-0.39, 0.29) is 12.4 Å². The van der Waals surface area contributed by atoms with Gasteiger partial charge in [0.1, 0.15) is 12.4 Å². The van der Waals surface area contributed by atoms with Gasteiger partial charge in [0.15, 0.2) is 11.5 Å². The molecule has 0 spiro atoms. The fourth-order valence-corrected chi connectivity index (χ4v) is 3.46. The number of anilines is 1. The van der Waals surface area contributed by atoms with Crippen molar-refractivity contribution in [3.8, 4) is 11.5 Å². The van der Waals surface area contributed by atoms with Crippen LogP contribution in [0.25, 0.3) is 0 Å². The van der Waals surface area contributed by atoms with Crippen molar-refractivity contribution in [2.45, 2.75) is 20.1 Å². The van der Waals surface area contributed by atoms with E-state index in [1.807, 2.05) is 43.3 Å². The van der Waals surface area contributed by atoms with Crippen molar-refractivity contribution < 1.29 is 13.9 Å². The van der Waals surface area contributed by atoms with Gasteiger partial charge in [0.05, 0.1) is 11.6 Å². The molecule has 0 heterocycles. The number of nitrogens with one attached hydrogen (secondary N) is 1. The summed E-state index contributed by atoms with van der Waals surface area (Å²) in [6.07, 6.45) is 0. The summed E-state index contributed by atoms with van der Waals surface area (Å²) in [5.41, 5.74) is 2.67. The Kier molecular flexibility index (Phi) is 7.64. The van der Waals surface area contributed by atoms with E-state index in [9.17, 15) is 4.39 Å². The lowest BCUT2D eigenvalue weighted by atomic mass is 10.2. The van der Waals surface area contributed by atoms with Crippen molar-refractivity contribution in [3.05, 3.63) is 86.1 Å². The quantitative estimate of drug-likeness (QED) is 0.349. The molecule has 0 unspecified atom stereocenters. The highest BCUT2D eigenvalue weighted by atomic mass is 79.9. The van der Waals surface area contributed by atoms with Crippen molar-refractivity contribution in [1.29, 1.82) is 0 Å². The van der Waals surface area contributed by atoms with E-state index in [1.54, 1.807) is 6.07 Å². The first-order valence-corrected chi connectivity index (χ1v) is 10.5. The summed E-state index contributed by atoms with van der Waals surface area (Å²) in [6.45, 7) is 3.20. The van der Waals surface area contributed by atoms with Crippen LogP contribution in [0.4, 0.5) is 10.1 Å². The molecule has 0 aliphatic rings. The van der Waals surface area contributed by atoms with E-state index >= 15 is 0 Å². The maximum atomic E-state index is 13.2. The molecule has 29 heavy (non-hydrogen) atoms. The maximum absolute atomic E-state index is 13.2. The molecule has 0 saturated carbocycles. The number of rotatable bonds is 8. The smallest absolute Gasteiger partial charge is 0.162 e. The zero-order valence-corrected chi connectivity index (χ0v) is 18.7. The molecule has 0 aromatic heterocycles. The number of hydrogen-bond acceptors (Lipinski definition) is 3. The lowest BCUT2D eigenvalue weighted by Crippen LogP contribution is -2.04. The summed E-state index contributed by atoms with van der Waals surface area (Å²) in [5, 5.41) is 4.37. The molecule has 0 aliphatic heterocycles. The Morgan fingerprint density at radius 2 is 1.66 bits per heavy atom. The van der Waals surface area contributed by atoms with Gasteiger partial charge in [-0.15, -0.1) is 0 Å². The molecule has 0 fully saturated rings. The highest BCUT2D eigenvalue weighted by Crippen LogP contribution is 2.35. The van der Waals surface area contributed by atoms with Gasteiger partial charge in [-0.3, -0.25) is 0 Å². The van der Waals surface area contributed by atoms with Gasteiger partial charge in [0.2, 0.25) is 0 Å². The zero-order chi connectivity index (χ0) is 20.8. The maximum Gasteiger partial charge on any atom is 0.162 e. The minimum atomic E-state index is -0.381. The molecule has 0 bridgehead atoms. The predicted molar refractivity (Wildman–Crippen MR) is 120 cm³/mol. The van der Waals surface area contributed by atoms with Gasteiger partial charge in [0.25, 0.3) is 0 Å². The molecule has 152 valence electrons. The van der Waals surface area contributed by atoms with Crippen LogP contribution >= 0.6 is 39.1 Å². The summed E-state index contributed by atoms with van der Waals surface area (Å²) < 4.78 is 25.8. The summed E-state index contributed by atoms with van der Waals surface area (Å²) in [5.74, 6) is 0.824. The molecule has 0 radical (unpaired) electrons. The second-order valence-corrected chi connectivity index (χ2v) is 7.91. The largest absolute Gasteiger partial charge is 0.490 e. The van der Waals surface area contributed by atoms with Crippen LogP contribution < -0.4 is 14.8 Å². The Labute approximate surface area is 187 Å². The van der Waals surface area contributed by atoms with Crippen molar-refractivity contribution >= 4 is 44.8 Å². The summed E-state index contributed by atoms with van der Waals surface area (Å²) in [7, 11) is 0. The van der Waals surface area contributed by atoms with Crippen LogP contribution in [0.5, 0.6) is 11.5 Å². The first kappa shape index (κ1) is 21.8. The third kappa shape index (κ3) is 6.01. The van der Waals surface area contributed by atoms with Crippen LogP contribution in [-0.4, -0.2) is 6.61 Å². The Bertz CT molecular complexity index is 983. The molecule has 0 saturated heterocycles. The highest BCUT2D eigenvalue weighted by Gasteiger charge is 2.12. The third-order valence-corrected chi connectivity index (χ3v) is 5.48. The molecule has 3 aromatic carbocycles.